The summed E-state index contributed by atoms with van der Waals surface area (Å²) in [4.78, 5) is 0. The quantitative estimate of drug-likeness (QED) is 0.589. The molecule has 0 radical (unpaired) electrons. The van der Waals surface area contributed by atoms with Gasteiger partial charge < -0.3 is 9.05 Å². The smallest absolute Gasteiger partial charge is 0.312 e. The summed E-state index contributed by atoms with van der Waals surface area (Å²) in [6.07, 6.45) is 2.44. The summed E-state index contributed by atoms with van der Waals surface area (Å²) in [6.45, 7) is 4.32. The van der Waals surface area contributed by atoms with Crippen LogP contribution in [0.15, 0.2) is 0 Å². The molecule has 0 heterocycles. The van der Waals surface area contributed by atoms with Crippen molar-refractivity contribution in [2.75, 3.05) is 19.9 Å². The minimum atomic E-state index is -2.72. The largest absolute Gasteiger partial charge is 0.330 e. The van der Waals surface area contributed by atoms with Crippen LogP contribution in [0.3, 0.4) is 0 Å². The van der Waals surface area contributed by atoms with Crippen LogP contribution in [0, 0.1) is 0 Å². The third-order valence-electron chi connectivity index (χ3n) is 1.39. The van der Waals surface area contributed by atoms with E-state index in [1.165, 1.54) is 7.11 Å². The molecule has 68 valence electrons. The topological polar surface area (TPSA) is 35.5 Å². The Labute approximate surface area is 68.6 Å². The number of hydrogen-bond donors (Lipinski definition) is 0. The van der Waals surface area contributed by atoms with E-state index in [2.05, 4.69) is 0 Å². The van der Waals surface area contributed by atoms with E-state index >= 15 is 0 Å². The standard InChI is InChI=1S/C7H17O3P/c1-4-6-7-11(8,9-3)10-5-2/h4-7H2,1-3H3. The Kier molecular flexibility index (Phi) is 5.83. The SMILES string of the molecule is CCCCP(=O)(OC)OCC. The van der Waals surface area contributed by atoms with Crippen LogP contribution in [0.5, 0.6) is 0 Å². The molecule has 1 atom stereocenters. The second kappa shape index (κ2) is 5.76. The first-order valence-corrected chi connectivity index (χ1v) is 5.70. The summed E-state index contributed by atoms with van der Waals surface area (Å²) in [5.41, 5.74) is 0. The summed E-state index contributed by atoms with van der Waals surface area (Å²) in [5, 5.41) is 0. The van der Waals surface area contributed by atoms with Crippen molar-refractivity contribution in [3.63, 3.8) is 0 Å². The van der Waals surface area contributed by atoms with Gasteiger partial charge in [-0.1, -0.05) is 13.3 Å². The highest BCUT2D eigenvalue weighted by molar-refractivity contribution is 7.53. The molecule has 0 N–H and O–H groups in total. The highest BCUT2D eigenvalue weighted by atomic mass is 31.2. The van der Waals surface area contributed by atoms with Gasteiger partial charge in [-0.2, -0.15) is 0 Å². The van der Waals surface area contributed by atoms with Crippen molar-refractivity contribution in [2.45, 2.75) is 26.7 Å². The molecule has 0 fully saturated rings. The fourth-order valence-corrected chi connectivity index (χ4v) is 2.27. The van der Waals surface area contributed by atoms with Gasteiger partial charge in [0.2, 0.25) is 0 Å². The number of rotatable bonds is 6. The fraction of sp³-hybridized carbons (Fsp3) is 1.00. The van der Waals surface area contributed by atoms with E-state index in [1.807, 2.05) is 13.8 Å². The highest BCUT2D eigenvalue weighted by Gasteiger charge is 2.20. The molecule has 3 nitrogen and oxygen atoms in total. The van der Waals surface area contributed by atoms with Crippen molar-refractivity contribution in [2.24, 2.45) is 0 Å². The summed E-state index contributed by atoms with van der Waals surface area (Å²) in [7, 11) is -1.28. The van der Waals surface area contributed by atoms with Crippen LogP contribution < -0.4 is 0 Å². The van der Waals surface area contributed by atoms with Crippen molar-refractivity contribution < 1.29 is 13.6 Å². The molecule has 0 saturated heterocycles. The zero-order valence-corrected chi connectivity index (χ0v) is 8.39. The van der Waals surface area contributed by atoms with Crippen molar-refractivity contribution in [1.82, 2.24) is 0 Å². The molecule has 0 bridgehead atoms. The molecular formula is C7H17O3P. The summed E-state index contributed by atoms with van der Waals surface area (Å²) < 4.78 is 21.3. The Morgan fingerprint density at radius 1 is 1.36 bits per heavy atom. The molecular weight excluding hydrogens is 163 g/mol. The van der Waals surface area contributed by atoms with E-state index in [0.717, 1.165) is 12.8 Å². The van der Waals surface area contributed by atoms with Gasteiger partial charge in [0.1, 0.15) is 0 Å². The molecule has 1 unspecified atom stereocenters. The first-order valence-electron chi connectivity index (χ1n) is 3.98. The lowest BCUT2D eigenvalue weighted by Gasteiger charge is -2.14. The Morgan fingerprint density at radius 3 is 2.36 bits per heavy atom. The maximum Gasteiger partial charge on any atom is 0.330 e. The van der Waals surface area contributed by atoms with Gasteiger partial charge in [-0.15, -0.1) is 0 Å². The fourth-order valence-electron chi connectivity index (χ4n) is 0.757. The van der Waals surface area contributed by atoms with E-state index in [0.29, 0.717) is 12.8 Å². The van der Waals surface area contributed by atoms with Gasteiger partial charge in [-0.25, -0.2) is 0 Å². The lowest BCUT2D eigenvalue weighted by atomic mass is 10.4. The van der Waals surface area contributed by atoms with Gasteiger partial charge in [-0.3, -0.25) is 4.57 Å². The molecule has 0 aliphatic rings. The average molecular weight is 180 g/mol. The zero-order valence-electron chi connectivity index (χ0n) is 7.50. The second-order valence-electron chi connectivity index (χ2n) is 2.29. The second-order valence-corrected chi connectivity index (χ2v) is 4.58. The Hall–Kier alpha value is 0.150. The monoisotopic (exact) mass is 180 g/mol. The van der Waals surface area contributed by atoms with Gasteiger partial charge in [0.15, 0.2) is 0 Å². The predicted octanol–water partition coefficient (Wildman–Crippen LogP) is 2.66. The van der Waals surface area contributed by atoms with Crippen LogP contribution >= 0.6 is 7.60 Å². The van der Waals surface area contributed by atoms with Gasteiger partial charge in [0, 0.05) is 7.11 Å². The van der Waals surface area contributed by atoms with Crippen LogP contribution in [0.4, 0.5) is 0 Å². The normalized spacial score (nSPS) is 16.3. The maximum absolute atomic E-state index is 11.5. The van der Waals surface area contributed by atoms with E-state index < -0.39 is 7.60 Å². The lowest BCUT2D eigenvalue weighted by Crippen LogP contribution is -1.96. The first-order chi connectivity index (χ1) is 5.18. The molecule has 0 aromatic heterocycles. The van der Waals surface area contributed by atoms with Crippen LogP contribution in [0.1, 0.15) is 26.7 Å². The molecule has 4 heteroatoms. The number of unbranched alkanes of at least 4 members (excludes halogenated alkanes) is 1. The van der Waals surface area contributed by atoms with E-state index in [1.54, 1.807) is 0 Å². The van der Waals surface area contributed by atoms with Crippen molar-refractivity contribution in [3.8, 4) is 0 Å². The molecule has 0 aromatic rings. The van der Waals surface area contributed by atoms with Crippen LogP contribution in [-0.2, 0) is 13.6 Å². The van der Waals surface area contributed by atoms with E-state index in [9.17, 15) is 4.57 Å². The summed E-state index contributed by atoms with van der Waals surface area (Å²) >= 11 is 0. The maximum atomic E-state index is 11.5. The number of hydrogen-bond acceptors (Lipinski definition) is 3. The van der Waals surface area contributed by atoms with Crippen LogP contribution in [0.25, 0.3) is 0 Å². The Morgan fingerprint density at radius 2 is 2.00 bits per heavy atom. The molecule has 0 amide bonds. The first kappa shape index (κ1) is 11.2. The molecule has 0 aliphatic carbocycles. The Balaban J connectivity index is 3.79. The van der Waals surface area contributed by atoms with E-state index in [-0.39, 0.29) is 0 Å². The zero-order chi connectivity index (χ0) is 8.74. The lowest BCUT2D eigenvalue weighted by molar-refractivity contribution is 0.244. The van der Waals surface area contributed by atoms with Gasteiger partial charge in [-0.05, 0) is 13.3 Å². The summed E-state index contributed by atoms with van der Waals surface area (Å²) in [5.74, 6) is 0. The van der Waals surface area contributed by atoms with Gasteiger partial charge in [0.05, 0.1) is 12.8 Å². The molecule has 0 aliphatic heterocycles. The molecule has 0 aromatic carbocycles. The van der Waals surface area contributed by atoms with E-state index in [4.69, 9.17) is 9.05 Å². The van der Waals surface area contributed by atoms with Crippen molar-refractivity contribution in [3.05, 3.63) is 0 Å². The Bertz CT molecular complexity index is 136. The molecule has 0 spiro atoms. The van der Waals surface area contributed by atoms with Crippen LogP contribution in [0.2, 0.25) is 0 Å². The van der Waals surface area contributed by atoms with Gasteiger partial charge >= 0.3 is 7.60 Å². The average Bonchev–Trinajstić information content (AvgIpc) is 2.02. The third-order valence-corrected chi connectivity index (χ3v) is 3.46. The van der Waals surface area contributed by atoms with Gasteiger partial charge in [0.25, 0.3) is 0 Å². The van der Waals surface area contributed by atoms with Crippen molar-refractivity contribution >= 4 is 7.60 Å². The highest BCUT2D eigenvalue weighted by Crippen LogP contribution is 2.47. The molecule has 0 saturated carbocycles. The minimum Gasteiger partial charge on any atom is -0.312 e. The third kappa shape index (κ3) is 4.57. The van der Waals surface area contributed by atoms with Crippen LogP contribution in [-0.4, -0.2) is 19.9 Å². The molecule has 0 rings (SSSR count). The minimum absolute atomic E-state index is 0.453. The summed E-state index contributed by atoms with van der Waals surface area (Å²) in [6, 6.07) is 0. The molecule has 11 heavy (non-hydrogen) atoms. The van der Waals surface area contributed by atoms with Crippen molar-refractivity contribution in [1.29, 1.82) is 0 Å². The predicted molar refractivity (Wildman–Crippen MR) is 46.0 cm³/mol.